The van der Waals surface area contributed by atoms with Gasteiger partial charge in [-0.3, -0.25) is 0 Å². The number of halogens is 3. The SMILES string of the molecule is CC(NS(=O)(=O)c1ccc(OC(F)(F)F)cc1)c1cccc(S(N)(=O)=O)c1. The van der Waals surface area contributed by atoms with Crippen molar-refractivity contribution in [1.29, 1.82) is 0 Å². The molecule has 0 fully saturated rings. The summed E-state index contributed by atoms with van der Waals surface area (Å²) in [6, 6.07) is 8.21. The van der Waals surface area contributed by atoms with Crippen molar-refractivity contribution in [2.45, 2.75) is 29.1 Å². The summed E-state index contributed by atoms with van der Waals surface area (Å²) >= 11 is 0. The molecule has 0 heterocycles. The molecule has 0 aliphatic carbocycles. The van der Waals surface area contributed by atoms with E-state index in [9.17, 15) is 30.0 Å². The Morgan fingerprint density at radius 1 is 1.00 bits per heavy atom. The van der Waals surface area contributed by atoms with Crippen molar-refractivity contribution < 1.29 is 34.7 Å². The van der Waals surface area contributed by atoms with Crippen LogP contribution in [0.3, 0.4) is 0 Å². The third-order valence-electron chi connectivity index (χ3n) is 3.39. The van der Waals surface area contributed by atoms with Crippen LogP contribution in [0.2, 0.25) is 0 Å². The molecule has 0 radical (unpaired) electrons. The lowest BCUT2D eigenvalue weighted by Crippen LogP contribution is -2.27. The Balaban J connectivity index is 2.21. The Hall–Kier alpha value is -2.15. The predicted octanol–water partition coefficient (Wildman–Crippen LogP) is 2.27. The van der Waals surface area contributed by atoms with Gasteiger partial charge in [0.25, 0.3) is 0 Å². The summed E-state index contributed by atoms with van der Waals surface area (Å²) in [6.07, 6.45) is -4.89. The second-order valence-electron chi connectivity index (χ2n) is 5.48. The van der Waals surface area contributed by atoms with Crippen molar-refractivity contribution >= 4 is 20.0 Å². The number of hydrogen-bond acceptors (Lipinski definition) is 5. The zero-order valence-electron chi connectivity index (χ0n) is 13.8. The minimum atomic E-state index is -4.89. The lowest BCUT2D eigenvalue weighted by atomic mass is 10.1. The third-order valence-corrected chi connectivity index (χ3v) is 5.85. The summed E-state index contributed by atoms with van der Waals surface area (Å²) in [4.78, 5) is -0.467. The van der Waals surface area contributed by atoms with Gasteiger partial charge in [-0.25, -0.2) is 26.7 Å². The highest BCUT2D eigenvalue weighted by molar-refractivity contribution is 7.89. The number of primary sulfonamides is 1. The van der Waals surface area contributed by atoms with Crippen molar-refractivity contribution in [3.63, 3.8) is 0 Å². The Morgan fingerprint density at radius 3 is 2.11 bits per heavy atom. The van der Waals surface area contributed by atoms with Crippen LogP contribution in [0.5, 0.6) is 5.75 Å². The molecule has 0 aliphatic heterocycles. The Labute approximate surface area is 154 Å². The quantitative estimate of drug-likeness (QED) is 0.738. The molecule has 0 aliphatic rings. The topological polar surface area (TPSA) is 116 Å². The van der Waals surface area contributed by atoms with E-state index in [0.717, 1.165) is 24.3 Å². The van der Waals surface area contributed by atoms with Gasteiger partial charge in [0.1, 0.15) is 5.75 Å². The average Bonchev–Trinajstić information content (AvgIpc) is 2.53. The second-order valence-corrected chi connectivity index (χ2v) is 8.76. The fourth-order valence-electron chi connectivity index (χ4n) is 2.15. The average molecular weight is 424 g/mol. The smallest absolute Gasteiger partial charge is 0.406 e. The molecule has 1 atom stereocenters. The van der Waals surface area contributed by atoms with E-state index in [1.54, 1.807) is 0 Å². The summed E-state index contributed by atoms with van der Waals surface area (Å²) in [5.74, 6) is -0.560. The van der Waals surface area contributed by atoms with Crippen molar-refractivity contribution in [1.82, 2.24) is 4.72 Å². The van der Waals surface area contributed by atoms with Crippen LogP contribution in [0, 0.1) is 0 Å². The van der Waals surface area contributed by atoms with Crippen molar-refractivity contribution in [2.75, 3.05) is 0 Å². The molecule has 0 saturated carbocycles. The number of ether oxygens (including phenoxy) is 1. The van der Waals surface area contributed by atoms with Crippen LogP contribution in [-0.2, 0) is 20.0 Å². The molecule has 27 heavy (non-hydrogen) atoms. The molecule has 2 rings (SSSR count). The number of alkyl halides is 3. The fraction of sp³-hybridized carbons (Fsp3) is 0.200. The molecule has 0 bridgehead atoms. The molecule has 2 aromatic carbocycles. The Morgan fingerprint density at radius 2 is 1.59 bits per heavy atom. The summed E-state index contributed by atoms with van der Waals surface area (Å²) in [5, 5.41) is 5.04. The highest BCUT2D eigenvalue weighted by Gasteiger charge is 2.31. The first-order valence-electron chi connectivity index (χ1n) is 7.29. The summed E-state index contributed by atoms with van der Waals surface area (Å²) in [5.41, 5.74) is 0.335. The predicted molar refractivity (Wildman–Crippen MR) is 89.7 cm³/mol. The molecule has 0 saturated heterocycles. The van der Waals surface area contributed by atoms with Crippen LogP contribution in [0.1, 0.15) is 18.5 Å². The molecule has 148 valence electrons. The molecule has 0 amide bonds. The first-order valence-corrected chi connectivity index (χ1v) is 10.3. The summed E-state index contributed by atoms with van der Waals surface area (Å²) in [6.45, 7) is 1.47. The largest absolute Gasteiger partial charge is 0.573 e. The molecule has 3 N–H and O–H groups in total. The van der Waals surface area contributed by atoms with Gasteiger partial charge in [0.15, 0.2) is 0 Å². The van der Waals surface area contributed by atoms with Crippen molar-refractivity contribution in [2.24, 2.45) is 5.14 Å². The molecule has 2 aromatic rings. The van der Waals surface area contributed by atoms with E-state index in [0.29, 0.717) is 5.56 Å². The molecule has 0 aromatic heterocycles. The van der Waals surface area contributed by atoms with Crippen LogP contribution in [0.15, 0.2) is 58.3 Å². The number of hydrogen-bond donors (Lipinski definition) is 2. The first-order chi connectivity index (χ1) is 12.3. The van der Waals surface area contributed by atoms with Crippen molar-refractivity contribution in [3.8, 4) is 5.75 Å². The highest BCUT2D eigenvalue weighted by atomic mass is 32.2. The van der Waals surface area contributed by atoms with Crippen LogP contribution in [0.25, 0.3) is 0 Å². The van der Waals surface area contributed by atoms with Gasteiger partial charge in [-0.05, 0) is 48.9 Å². The molecule has 1 unspecified atom stereocenters. The lowest BCUT2D eigenvalue weighted by molar-refractivity contribution is -0.274. The Bertz CT molecular complexity index is 1020. The molecular weight excluding hydrogens is 409 g/mol. The number of nitrogens with one attached hydrogen (secondary N) is 1. The van der Waals surface area contributed by atoms with E-state index < -0.39 is 38.2 Å². The lowest BCUT2D eigenvalue weighted by Gasteiger charge is -2.16. The number of sulfonamides is 2. The van der Waals surface area contributed by atoms with E-state index >= 15 is 0 Å². The maximum atomic E-state index is 12.4. The number of benzene rings is 2. The van der Waals surface area contributed by atoms with Gasteiger partial charge in [-0.15, -0.1) is 13.2 Å². The zero-order chi connectivity index (χ0) is 20.5. The minimum Gasteiger partial charge on any atom is -0.406 e. The van der Waals surface area contributed by atoms with Crippen LogP contribution in [0.4, 0.5) is 13.2 Å². The van der Waals surface area contributed by atoms with E-state index in [1.807, 2.05) is 0 Å². The van der Waals surface area contributed by atoms with Gasteiger partial charge in [-0.2, -0.15) is 0 Å². The molecule has 7 nitrogen and oxygen atoms in total. The molecule has 0 spiro atoms. The highest BCUT2D eigenvalue weighted by Crippen LogP contribution is 2.25. The summed E-state index contributed by atoms with van der Waals surface area (Å²) < 4.78 is 90.0. The van der Waals surface area contributed by atoms with E-state index in [2.05, 4.69) is 9.46 Å². The third kappa shape index (κ3) is 5.92. The van der Waals surface area contributed by atoms with Crippen molar-refractivity contribution in [3.05, 3.63) is 54.1 Å². The van der Waals surface area contributed by atoms with Gasteiger partial charge >= 0.3 is 6.36 Å². The second kappa shape index (κ2) is 7.46. The maximum absolute atomic E-state index is 12.4. The van der Waals surface area contributed by atoms with Gasteiger partial charge in [-0.1, -0.05) is 12.1 Å². The van der Waals surface area contributed by atoms with Gasteiger partial charge in [0.05, 0.1) is 9.79 Å². The maximum Gasteiger partial charge on any atom is 0.573 e. The minimum absolute atomic E-state index is 0.181. The Kier molecular flexibility index (Phi) is 5.85. The van der Waals surface area contributed by atoms with Crippen LogP contribution < -0.4 is 14.6 Å². The van der Waals surface area contributed by atoms with E-state index in [1.165, 1.54) is 31.2 Å². The van der Waals surface area contributed by atoms with Gasteiger partial charge in [0.2, 0.25) is 20.0 Å². The first kappa shape index (κ1) is 21.2. The normalized spacial score (nSPS) is 14.0. The summed E-state index contributed by atoms with van der Waals surface area (Å²) in [7, 11) is -8.04. The number of nitrogens with two attached hydrogens (primary N) is 1. The number of rotatable bonds is 6. The van der Waals surface area contributed by atoms with Gasteiger partial charge < -0.3 is 4.74 Å². The standard InChI is InChI=1S/C15H15F3N2O5S2/c1-10(11-3-2-4-14(9-11)26(19,21)22)20-27(23,24)13-7-5-12(6-8-13)25-15(16,17)18/h2-10,20H,1H3,(H2,19,21,22). The zero-order valence-corrected chi connectivity index (χ0v) is 15.4. The van der Waals surface area contributed by atoms with E-state index in [4.69, 9.17) is 5.14 Å². The van der Waals surface area contributed by atoms with Gasteiger partial charge in [0, 0.05) is 6.04 Å². The van der Waals surface area contributed by atoms with Crippen LogP contribution in [-0.4, -0.2) is 23.2 Å². The van der Waals surface area contributed by atoms with Crippen LogP contribution >= 0.6 is 0 Å². The monoisotopic (exact) mass is 424 g/mol. The van der Waals surface area contributed by atoms with E-state index in [-0.39, 0.29) is 9.79 Å². The molecular formula is C15H15F3N2O5S2. The molecule has 12 heteroatoms. The fourth-order valence-corrected chi connectivity index (χ4v) is 3.95.